The molecule has 1 fully saturated rings. The van der Waals surface area contributed by atoms with Gasteiger partial charge in [-0.3, -0.25) is 4.79 Å². The highest BCUT2D eigenvalue weighted by Gasteiger charge is 2.23. The summed E-state index contributed by atoms with van der Waals surface area (Å²) in [6.45, 7) is -1.84. The second-order valence-electron chi connectivity index (χ2n) is 6.59. The van der Waals surface area contributed by atoms with Crippen molar-refractivity contribution in [3.05, 3.63) is 59.7 Å². The summed E-state index contributed by atoms with van der Waals surface area (Å²) in [6.07, 6.45) is 0.524. The van der Waals surface area contributed by atoms with E-state index in [2.05, 4.69) is 10.1 Å². The van der Waals surface area contributed by atoms with E-state index in [9.17, 15) is 27.2 Å². The molecule has 1 heterocycles. The number of anilines is 1. The Morgan fingerprint density at radius 2 is 1.60 bits per heavy atom. The van der Waals surface area contributed by atoms with Crippen LogP contribution in [0.1, 0.15) is 16.8 Å². The molecule has 3 rings (SSSR count). The number of carbonyl (C=O) groups excluding carboxylic acids is 2. The third-order valence-corrected chi connectivity index (χ3v) is 4.56. The Balaban J connectivity index is 1.58. The van der Waals surface area contributed by atoms with Gasteiger partial charge >= 0.3 is 12.6 Å². The molecule has 1 aliphatic rings. The predicted octanol–water partition coefficient (Wildman–Crippen LogP) is 3.95. The lowest BCUT2D eigenvalue weighted by atomic mass is 10.2. The highest BCUT2D eigenvalue weighted by atomic mass is 19.3. The van der Waals surface area contributed by atoms with Gasteiger partial charge < -0.3 is 19.9 Å². The fraction of sp³-hybridized carbons (Fsp3) is 0.300. The number of ether oxygens (including phenoxy) is 1. The Hall–Kier alpha value is -3.30. The van der Waals surface area contributed by atoms with Gasteiger partial charge in [-0.05, 0) is 42.8 Å². The standard InChI is InChI=1S/C20H19F4N3O3/c21-14-4-2-13(3-5-14)18(28)26-8-1-9-27(11-10-26)20(29)25-15-6-7-17(16(22)12-15)30-19(23)24/h2-7,12,19H,1,8-11H2,(H,25,29). The molecule has 6 nitrogen and oxygen atoms in total. The third kappa shape index (κ3) is 5.40. The van der Waals surface area contributed by atoms with Crippen LogP contribution in [0.3, 0.4) is 0 Å². The molecule has 1 saturated heterocycles. The van der Waals surface area contributed by atoms with Gasteiger partial charge in [-0.15, -0.1) is 0 Å². The molecule has 3 amide bonds. The second kappa shape index (κ2) is 9.47. The van der Waals surface area contributed by atoms with Gasteiger partial charge in [0.1, 0.15) is 5.82 Å². The van der Waals surface area contributed by atoms with Crippen LogP contribution in [0.5, 0.6) is 5.75 Å². The molecule has 160 valence electrons. The van der Waals surface area contributed by atoms with E-state index < -0.39 is 30.0 Å². The Morgan fingerprint density at radius 1 is 0.933 bits per heavy atom. The second-order valence-corrected chi connectivity index (χ2v) is 6.59. The van der Waals surface area contributed by atoms with Gasteiger partial charge in [-0.1, -0.05) is 0 Å². The minimum atomic E-state index is -3.15. The van der Waals surface area contributed by atoms with Gasteiger partial charge in [0.25, 0.3) is 5.91 Å². The van der Waals surface area contributed by atoms with Crippen LogP contribution in [0.15, 0.2) is 42.5 Å². The molecule has 0 bridgehead atoms. The molecule has 0 spiro atoms. The highest BCUT2D eigenvalue weighted by molar-refractivity contribution is 5.94. The van der Waals surface area contributed by atoms with Gasteiger partial charge in [0.2, 0.25) is 0 Å². The first-order valence-corrected chi connectivity index (χ1v) is 9.18. The van der Waals surface area contributed by atoms with E-state index >= 15 is 0 Å². The van der Waals surface area contributed by atoms with Crippen molar-refractivity contribution in [2.45, 2.75) is 13.0 Å². The molecule has 0 aliphatic carbocycles. The zero-order valence-corrected chi connectivity index (χ0v) is 15.8. The van der Waals surface area contributed by atoms with Crippen molar-refractivity contribution < 1.29 is 31.9 Å². The lowest BCUT2D eigenvalue weighted by Crippen LogP contribution is -2.39. The van der Waals surface area contributed by atoms with Gasteiger partial charge in [0, 0.05) is 43.5 Å². The zero-order valence-electron chi connectivity index (χ0n) is 15.8. The molecule has 0 radical (unpaired) electrons. The molecular weight excluding hydrogens is 406 g/mol. The van der Waals surface area contributed by atoms with E-state index in [0.29, 0.717) is 25.1 Å². The molecule has 10 heteroatoms. The summed E-state index contributed by atoms with van der Waals surface area (Å²) in [4.78, 5) is 28.1. The van der Waals surface area contributed by atoms with Gasteiger partial charge in [0.15, 0.2) is 11.6 Å². The Morgan fingerprint density at radius 3 is 2.27 bits per heavy atom. The number of amides is 3. The minimum absolute atomic E-state index is 0.0857. The number of halogens is 4. The quantitative estimate of drug-likeness (QED) is 0.755. The van der Waals surface area contributed by atoms with E-state index in [4.69, 9.17) is 0 Å². The van der Waals surface area contributed by atoms with Crippen LogP contribution in [-0.2, 0) is 0 Å². The van der Waals surface area contributed by atoms with Crippen molar-refractivity contribution >= 4 is 17.6 Å². The number of urea groups is 1. The number of nitrogens with zero attached hydrogens (tertiary/aromatic N) is 2. The summed E-state index contributed by atoms with van der Waals surface area (Å²) in [7, 11) is 0. The van der Waals surface area contributed by atoms with Crippen LogP contribution in [-0.4, -0.2) is 54.5 Å². The van der Waals surface area contributed by atoms with Crippen molar-refractivity contribution in [3.8, 4) is 5.75 Å². The maximum atomic E-state index is 13.8. The molecule has 30 heavy (non-hydrogen) atoms. The van der Waals surface area contributed by atoms with Gasteiger partial charge in [0.05, 0.1) is 0 Å². The van der Waals surface area contributed by atoms with Crippen LogP contribution >= 0.6 is 0 Å². The van der Waals surface area contributed by atoms with Crippen LogP contribution in [0, 0.1) is 11.6 Å². The molecule has 1 N–H and O–H groups in total. The number of benzene rings is 2. The van der Waals surface area contributed by atoms with E-state index in [1.165, 1.54) is 35.2 Å². The largest absolute Gasteiger partial charge is 0.432 e. The number of carbonyl (C=O) groups is 2. The average molecular weight is 425 g/mol. The summed E-state index contributed by atoms with van der Waals surface area (Å²) >= 11 is 0. The molecule has 2 aromatic carbocycles. The molecule has 0 saturated carbocycles. The Kier molecular flexibility index (Phi) is 6.76. The van der Waals surface area contributed by atoms with E-state index in [-0.39, 0.29) is 24.7 Å². The maximum Gasteiger partial charge on any atom is 0.387 e. The summed E-state index contributed by atoms with van der Waals surface area (Å²) in [5.41, 5.74) is 0.443. The summed E-state index contributed by atoms with van der Waals surface area (Å²) < 4.78 is 55.3. The molecule has 2 aromatic rings. The van der Waals surface area contributed by atoms with Crippen LogP contribution in [0.25, 0.3) is 0 Å². The van der Waals surface area contributed by atoms with Gasteiger partial charge in [-0.2, -0.15) is 8.78 Å². The van der Waals surface area contributed by atoms with Crippen LogP contribution in [0.2, 0.25) is 0 Å². The smallest absolute Gasteiger partial charge is 0.387 e. The summed E-state index contributed by atoms with van der Waals surface area (Å²) in [5.74, 6) is -2.34. The average Bonchev–Trinajstić information content (AvgIpc) is 2.96. The summed E-state index contributed by atoms with van der Waals surface area (Å²) in [6, 6.07) is 7.86. The monoisotopic (exact) mass is 425 g/mol. The molecule has 0 aromatic heterocycles. The first-order chi connectivity index (χ1) is 14.3. The highest BCUT2D eigenvalue weighted by Crippen LogP contribution is 2.23. The zero-order chi connectivity index (χ0) is 21.7. The van der Waals surface area contributed by atoms with E-state index in [0.717, 1.165) is 12.1 Å². The van der Waals surface area contributed by atoms with Gasteiger partial charge in [-0.25, -0.2) is 13.6 Å². The fourth-order valence-electron chi connectivity index (χ4n) is 3.07. The lowest BCUT2D eigenvalue weighted by molar-refractivity contribution is -0.0521. The molecule has 1 aliphatic heterocycles. The van der Waals surface area contributed by atoms with Crippen molar-refractivity contribution in [3.63, 3.8) is 0 Å². The summed E-state index contributed by atoms with van der Waals surface area (Å²) in [5, 5.41) is 2.50. The van der Waals surface area contributed by atoms with E-state index in [1.54, 1.807) is 4.90 Å². The predicted molar refractivity (Wildman–Crippen MR) is 101 cm³/mol. The molecular formula is C20H19F4N3O3. The van der Waals surface area contributed by atoms with Crippen LogP contribution < -0.4 is 10.1 Å². The number of hydrogen-bond acceptors (Lipinski definition) is 3. The normalized spacial score (nSPS) is 14.4. The molecule has 0 unspecified atom stereocenters. The Labute approximate surface area is 170 Å². The number of alkyl halides is 2. The molecule has 0 atom stereocenters. The SMILES string of the molecule is O=C(Nc1ccc(OC(F)F)c(F)c1)N1CCCN(C(=O)c2ccc(F)cc2)CC1. The van der Waals surface area contributed by atoms with Crippen molar-refractivity contribution in [2.75, 3.05) is 31.5 Å². The lowest BCUT2D eigenvalue weighted by Gasteiger charge is -2.22. The number of rotatable bonds is 4. The number of hydrogen-bond donors (Lipinski definition) is 1. The van der Waals surface area contributed by atoms with Crippen molar-refractivity contribution in [1.29, 1.82) is 0 Å². The first kappa shape index (κ1) is 21.4. The van der Waals surface area contributed by atoms with Crippen LogP contribution in [0.4, 0.5) is 28.0 Å². The van der Waals surface area contributed by atoms with Crippen molar-refractivity contribution in [2.24, 2.45) is 0 Å². The first-order valence-electron chi connectivity index (χ1n) is 9.18. The Bertz CT molecular complexity index is 909. The maximum absolute atomic E-state index is 13.8. The number of nitrogens with one attached hydrogen (secondary N) is 1. The van der Waals surface area contributed by atoms with E-state index in [1.807, 2.05) is 0 Å². The van der Waals surface area contributed by atoms with Crippen molar-refractivity contribution in [1.82, 2.24) is 9.80 Å². The minimum Gasteiger partial charge on any atom is -0.432 e. The fourth-order valence-corrected chi connectivity index (χ4v) is 3.07. The third-order valence-electron chi connectivity index (χ3n) is 4.56. The topological polar surface area (TPSA) is 61.9 Å².